The number of halogens is 3. The highest BCUT2D eigenvalue weighted by Crippen LogP contribution is 2.57. The lowest BCUT2D eigenvalue weighted by Crippen LogP contribution is -2.48. The summed E-state index contributed by atoms with van der Waals surface area (Å²) >= 11 is 1.48. The predicted octanol–water partition coefficient (Wildman–Crippen LogP) is 8.88. The van der Waals surface area contributed by atoms with Gasteiger partial charge in [-0.1, -0.05) is 53.2 Å². The molecule has 2 aromatic heterocycles. The molecule has 2 amide bonds. The first-order valence-corrected chi connectivity index (χ1v) is 25.2. The molecule has 2 aliphatic heterocycles. The van der Waals surface area contributed by atoms with Gasteiger partial charge >= 0.3 is 12.1 Å². The molecule has 18 heteroatoms. The van der Waals surface area contributed by atoms with Crippen molar-refractivity contribution in [3.05, 3.63) is 47.6 Å². The molecule has 7 atom stereocenters. The Morgan fingerprint density at radius 3 is 2.41 bits per heavy atom. The number of nitrogens with zero attached hydrogens (tertiary/aromatic N) is 3. The summed E-state index contributed by atoms with van der Waals surface area (Å²) in [7, 11) is -2.40. The minimum Gasteiger partial charge on any atom is -0.497 e. The number of ketones is 1. The zero-order valence-corrected chi connectivity index (χ0v) is 40.5. The second kappa shape index (κ2) is 18.5. The van der Waals surface area contributed by atoms with Crippen LogP contribution in [0.25, 0.3) is 21.3 Å². The number of esters is 1. The number of thiazole rings is 1. The number of ether oxygens (including phenoxy) is 3. The third-order valence-electron chi connectivity index (χ3n) is 13.8. The molecule has 3 aromatic rings. The molecule has 3 fully saturated rings. The topological polar surface area (TPSA) is 171 Å². The lowest BCUT2D eigenvalue weighted by molar-refractivity contribution is -0.257. The van der Waals surface area contributed by atoms with Gasteiger partial charge in [-0.3, -0.25) is 23.9 Å². The molecule has 1 saturated heterocycles. The fourth-order valence-electron chi connectivity index (χ4n) is 9.29. The van der Waals surface area contributed by atoms with E-state index in [1.165, 1.54) is 16.2 Å². The number of alkyl halides is 3. The van der Waals surface area contributed by atoms with Gasteiger partial charge in [0.25, 0.3) is 0 Å². The van der Waals surface area contributed by atoms with Crippen LogP contribution in [0.2, 0.25) is 0 Å². The Morgan fingerprint density at radius 2 is 1.77 bits per heavy atom. The van der Waals surface area contributed by atoms with E-state index in [2.05, 4.69) is 25.5 Å². The van der Waals surface area contributed by atoms with E-state index < -0.39 is 92.4 Å². The molecule has 0 radical (unpaired) electrons. The maximum absolute atomic E-state index is 15.2. The van der Waals surface area contributed by atoms with E-state index in [4.69, 9.17) is 24.2 Å². The normalized spacial score (nSPS) is 27.3. The summed E-state index contributed by atoms with van der Waals surface area (Å²) in [5, 5.41) is 3.41. The fraction of sp³-hybridized carbons (Fsp3) is 0.625. The summed E-state index contributed by atoms with van der Waals surface area (Å²) in [6.07, 6.45) is 1.84. The number of benzene rings is 1. The number of carbonyl (C=O) groups excluding carboxylic acids is 4. The van der Waals surface area contributed by atoms with Gasteiger partial charge in [0.1, 0.15) is 16.9 Å². The molecule has 0 unspecified atom stereocenters. The van der Waals surface area contributed by atoms with Crippen LogP contribution < -0.4 is 14.2 Å². The molecule has 360 valence electrons. The van der Waals surface area contributed by atoms with Crippen LogP contribution >= 0.6 is 11.3 Å². The van der Waals surface area contributed by atoms with E-state index in [-0.39, 0.29) is 43.0 Å². The van der Waals surface area contributed by atoms with Crippen molar-refractivity contribution in [2.75, 3.05) is 13.7 Å². The first-order chi connectivity index (χ1) is 30.9. The van der Waals surface area contributed by atoms with E-state index in [1.54, 1.807) is 25.4 Å². The quantitative estimate of drug-likeness (QED) is 0.144. The summed E-state index contributed by atoms with van der Waals surface area (Å²) in [5.74, 6) is -4.37. The maximum Gasteiger partial charge on any atom is 0.427 e. The molecule has 66 heavy (non-hydrogen) atoms. The first kappa shape index (κ1) is 49.3. The monoisotopic (exact) mass is 958 g/mol. The number of allylic oxidation sites excluding steroid dienone is 2. The summed E-state index contributed by atoms with van der Waals surface area (Å²) in [6, 6.07) is 4.23. The van der Waals surface area contributed by atoms with Gasteiger partial charge in [-0.05, 0) is 88.3 Å². The molecule has 13 nitrogen and oxygen atoms in total. The number of nitrogens with one attached hydrogen (secondary N) is 1. The Bertz CT molecular complexity index is 2500. The number of aromatic nitrogens is 2. The van der Waals surface area contributed by atoms with Crippen molar-refractivity contribution in [2.45, 2.75) is 147 Å². The van der Waals surface area contributed by atoms with E-state index in [0.717, 1.165) is 35.5 Å². The van der Waals surface area contributed by atoms with Crippen LogP contribution in [0.1, 0.15) is 118 Å². The SMILES string of the molecule is CC[C@@H]1C[C@H](C)CC/C=C\[C@@H]2C[C@@]2(C(=O)NS(=O)(=O)C2CC2)CC(=O)[C@@H]2C[C@@H](Oc3ncc(-c4nc(C(C)(C)C)cs4)c4cc(OC)ccc34)CN2C(=O)[C@H]1CC(=O)OC(C)(C)C(F)(F)F. The van der Waals surface area contributed by atoms with Crippen molar-refractivity contribution in [1.29, 1.82) is 0 Å². The molecule has 2 aliphatic carbocycles. The lowest BCUT2D eigenvalue weighted by Gasteiger charge is -2.34. The van der Waals surface area contributed by atoms with Gasteiger partial charge in [-0.2, -0.15) is 13.2 Å². The van der Waals surface area contributed by atoms with Crippen LogP contribution in [0.3, 0.4) is 0 Å². The van der Waals surface area contributed by atoms with E-state index in [0.29, 0.717) is 49.7 Å². The highest BCUT2D eigenvalue weighted by molar-refractivity contribution is 7.90. The van der Waals surface area contributed by atoms with Gasteiger partial charge in [0.2, 0.25) is 33.3 Å². The zero-order chi connectivity index (χ0) is 48.1. The van der Waals surface area contributed by atoms with Gasteiger partial charge in [0, 0.05) is 46.2 Å². The number of methoxy groups -OCH3 is 1. The van der Waals surface area contributed by atoms with E-state index in [1.807, 2.05) is 37.4 Å². The average Bonchev–Trinajstić information content (AvgIpc) is 4.11. The number of fused-ring (bicyclic) bond motifs is 3. The largest absolute Gasteiger partial charge is 0.497 e. The fourth-order valence-corrected chi connectivity index (χ4v) is 11.7. The molecular formula is C48H61F3N4O9S2. The summed E-state index contributed by atoms with van der Waals surface area (Å²) < 4.78 is 87.4. The second-order valence-electron chi connectivity index (χ2n) is 20.3. The van der Waals surface area contributed by atoms with Crippen molar-refractivity contribution in [2.24, 2.45) is 29.1 Å². The second-order valence-corrected chi connectivity index (χ2v) is 23.1. The summed E-state index contributed by atoms with van der Waals surface area (Å²) in [5.41, 5.74) is -2.76. The van der Waals surface area contributed by atoms with E-state index in [9.17, 15) is 36.0 Å². The van der Waals surface area contributed by atoms with E-state index >= 15 is 4.79 Å². The average molecular weight is 959 g/mol. The summed E-state index contributed by atoms with van der Waals surface area (Å²) in [6.45, 7) is 11.4. The minimum absolute atomic E-state index is 0.0103. The van der Waals surface area contributed by atoms with Crippen LogP contribution in [-0.4, -0.2) is 89.7 Å². The van der Waals surface area contributed by atoms with Crippen LogP contribution in [0, 0.1) is 29.1 Å². The van der Waals surface area contributed by atoms with Gasteiger partial charge in [-0.25, -0.2) is 18.4 Å². The van der Waals surface area contributed by atoms with Crippen LogP contribution in [0.4, 0.5) is 13.2 Å². The molecule has 4 aliphatic rings. The van der Waals surface area contributed by atoms with Crippen LogP contribution in [-0.2, 0) is 39.4 Å². The van der Waals surface area contributed by atoms with Crippen molar-refractivity contribution in [3.8, 4) is 22.2 Å². The van der Waals surface area contributed by atoms with Crippen LogP contribution in [0.5, 0.6) is 11.6 Å². The van der Waals surface area contributed by atoms with Crippen LogP contribution in [0.15, 0.2) is 41.9 Å². The van der Waals surface area contributed by atoms with Gasteiger partial charge < -0.3 is 19.1 Å². The standard InChI is InChI=1S/C48H61F3N4O9S2/c1-9-28-18-27(2)12-10-11-13-29-22-47(29,44(59)54-66(60,61)32-15-16-32)23-38(56)37-20-31(25-55(37)43(58)34(28)21-40(57)64-46(6,7)48(49,50)51)63-41-33-17-14-30(62-8)19-35(33)36(24-52-41)42-53-39(26-65-42)45(3,4)5/h11,13-14,17,19,24,26-29,31-32,34,37H,9-10,12,15-16,18,20-23,25H2,1-8H3,(H,54,59)/b13-11-/t27-,28-,29-,31-,34+,37+,47-/m1/s1. The van der Waals surface area contributed by atoms with Crippen molar-refractivity contribution >= 4 is 55.7 Å². The molecule has 0 spiro atoms. The molecule has 1 aromatic carbocycles. The highest BCUT2D eigenvalue weighted by atomic mass is 32.2. The Kier molecular flexibility index (Phi) is 13.8. The predicted molar refractivity (Wildman–Crippen MR) is 243 cm³/mol. The third-order valence-corrected chi connectivity index (χ3v) is 16.5. The summed E-state index contributed by atoms with van der Waals surface area (Å²) in [4.78, 5) is 68.6. The van der Waals surface area contributed by atoms with Crippen molar-refractivity contribution in [3.63, 3.8) is 0 Å². The van der Waals surface area contributed by atoms with Gasteiger partial charge in [0.05, 0.1) is 48.4 Å². The number of pyridine rings is 1. The maximum atomic E-state index is 15.2. The Hall–Kier alpha value is -4.58. The molecule has 0 bridgehead atoms. The lowest BCUT2D eigenvalue weighted by atomic mass is 9.79. The number of sulfonamides is 1. The number of hydrogen-bond acceptors (Lipinski definition) is 12. The molecular weight excluding hydrogens is 898 g/mol. The third kappa shape index (κ3) is 10.4. The number of Topliss-reactive ketones (excluding diaryl/α,β-unsaturated/α-hetero) is 1. The van der Waals surface area contributed by atoms with Crippen molar-refractivity contribution < 1.29 is 55.0 Å². The van der Waals surface area contributed by atoms with Gasteiger partial charge in [-0.15, -0.1) is 11.3 Å². The number of amides is 2. The molecule has 2 saturated carbocycles. The smallest absolute Gasteiger partial charge is 0.427 e. The molecule has 1 N–H and O–H groups in total. The Morgan fingerprint density at radius 1 is 1.05 bits per heavy atom. The number of hydrogen-bond donors (Lipinski definition) is 1. The zero-order valence-electron chi connectivity index (χ0n) is 38.8. The van der Waals surface area contributed by atoms with Crippen molar-refractivity contribution in [1.82, 2.24) is 19.6 Å². The number of carbonyl (C=O) groups is 4. The molecule has 4 heterocycles. The highest BCUT2D eigenvalue weighted by Gasteiger charge is 2.62. The minimum atomic E-state index is -4.88. The number of rotatable bonds is 11. The first-order valence-electron chi connectivity index (χ1n) is 22.8. The molecule has 7 rings (SSSR count). The Labute approximate surface area is 388 Å². The Balaban J connectivity index is 1.26. The van der Waals surface area contributed by atoms with Gasteiger partial charge in [0.15, 0.2) is 5.78 Å².